The number of amidine groups is 2. The third-order valence-electron chi connectivity index (χ3n) is 12.5. The minimum absolute atomic E-state index is 0.436. The summed E-state index contributed by atoms with van der Waals surface area (Å²) in [5.74, 6) is 1.39. The second kappa shape index (κ2) is 13.6. The van der Waals surface area contributed by atoms with E-state index in [1.54, 1.807) is 0 Å². The monoisotopic (exact) mass is 792 g/mol. The predicted molar refractivity (Wildman–Crippen MR) is 258 cm³/mol. The number of aliphatic imine (C=N–C) groups is 2. The average molecular weight is 793 g/mol. The molecule has 1 unspecified atom stereocenters. The van der Waals surface area contributed by atoms with Gasteiger partial charge < -0.3 is 14.3 Å². The van der Waals surface area contributed by atoms with E-state index >= 15 is 0 Å². The lowest BCUT2D eigenvalue weighted by molar-refractivity contribution is 0.668. The van der Waals surface area contributed by atoms with Crippen LogP contribution in [-0.4, -0.2) is 16.2 Å². The van der Waals surface area contributed by atoms with Crippen molar-refractivity contribution in [2.24, 2.45) is 9.98 Å². The Labute approximate surface area is 356 Å². The molecule has 0 spiro atoms. The summed E-state index contributed by atoms with van der Waals surface area (Å²) in [5.41, 5.74) is 10.1. The number of benzene rings is 10. The van der Waals surface area contributed by atoms with E-state index in [1.807, 2.05) is 18.2 Å². The van der Waals surface area contributed by atoms with Gasteiger partial charge in [0, 0.05) is 27.1 Å². The second-order valence-corrected chi connectivity index (χ2v) is 16.2. The van der Waals surface area contributed by atoms with Gasteiger partial charge >= 0.3 is 0 Å². The molecule has 5 heteroatoms. The molecule has 0 amide bonds. The largest absolute Gasteiger partial charge is 0.456 e. The molecule has 2 aromatic heterocycles. The summed E-state index contributed by atoms with van der Waals surface area (Å²) in [6, 6.07) is 73.5. The van der Waals surface area contributed by atoms with Crippen molar-refractivity contribution in [3.63, 3.8) is 0 Å². The summed E-state index contributed by atoms with van der Waals surface area (Å²) >= 11 is 0. The van der Waals surface area contributed by atoms with E-state index in [2.05, 4.69) is 198 Å². The third kappa shape index (κ3) is 5.49. The van der Waals surface area contributed by atoms with Crippen molar-refractivity contribution >= 4 is 87.7 Å². The first-order valence-electron chi connectivity index (χ1n) is 21.1. The zero-order valence-electron chi connectivity index (χ0n) is 33.5. The van der Waals surface area contributed by atoms with Crippen LogP contribution in [0.1, 0.15) is 22.9 Å². The van der Waals surface area contributed by atoms with Gasteiger partial charge in [-0.15, -0.1) is 0 Å². The lowest BCUT2D eigenvalue weighted by atomic mass is 9.99. The molecular formula is C57H36N4O. The van der Waals surface area contributed by atoms with Crippen LogP contribution in [-0.2, 0) is 0 Å². The van der Waals surface area contributed by atoms with Crippen LogP contribution >= 0.6 is 0 Å². The average Bonchev–Trinajstić information content (AvgIpc) is 3.85. The minimum atomic E-state index is -0.436. The summed E-state index contributed by atoms with van der Waals surface area (Å²) in [6.07, 6.45) is -0.436. The molecule has 5 nitrogen and oxygen atoms in total. The van der Waals surface area contributed by atoms with Crippen LogP contribution in [0.5, 0.6) is 0 Å². The Morgan fingerprint density at radius 3 is 1.60 bits per heavy atom. The SMILES string of the molecule is c1ccc(C2=NC(c3cccc(-c4ccccc4)c3)NC(c3c(-n4c5cc6ccccc6cc5c5cc6ccccc6cc54)ccc4oc5cc6ccccc6cc5c34)=N2)cc1. The molecule has 13 rings (SSSR count). The molecular weight excluding hydrogens is 757 g/mol. The van der Waals surface area contributed by atoms with Crippen LogP contribution in [0.3, 0.4) is 0 Å². The molecule has 1 atom stereocenters. The standard InChI is InChI=1S/C57H36N4O/c1-3-14-35(15-4-1)37-24-13-25-44(28-37)56-58-55(36-16-5-2-6-17-36)59-57(60-56)54-48(26-27-51-53(54)47-31-40-20-9-12-23-43(40)34-52(47)62-51)61-49-32-41-21-10-7-18-38(41)29-45(49)46-30-39-19-8-11-22-42(39)33-50(46)61/h1-34,56H,(H,58,59,60). The summed E-state index contributed by atoms with van der Waals surface area (Å²) < 4.78 is 9.27. The predicted octanol–water partition coefficient (Wildman–Crippen LogP) is 14.3. The van der Waals surface area contributed by atoms with Gasteiger partial charge in [0.15, 0.2) is 5.84 Å². The zero-order chi connectivity index (χ0) is 40.7. The van der Waals surface area contributed by atoms with Gasteiger partial charge in [0.25, 0.3) is 0 Å². The molecule has 1 N–H and O–H groups in total. The van der Waals surface area contributed by atoms with E-state index in [0.29, 0.717) is 5.84 Å². The first-order chi connectivity index (χ1) is 30.7. The van der Waals surface area contributed by atoms with Crippen LogP contribution in [0.2, 0.25) is 0 Å². The Balaban J connectivity index is 1.14. The molecule has 12 aromatic rings. The Morgan fingerprint density at radius 2 is 0.968 bits per heavy atom. The first kappa shape index (κ1) is 34.6. The van der Waals surface area contributed by atoms with Gasteiger partial charge in [-0.05, 0) is 104 Å². The van der Waals surface area contributed by atoms with Crippen molar-refractivity contribution < 1.29 is 4.42 Å². The molecule has 62 heavy (non-hydrogen) atoms. The van der Waals surface area contributed by atoms with Gasteiger partial charge in [0.05, 0.1) is 22.3 Å². The van der Waals surface area contributed by atoms with Crippen LogP contribution in [0.4, 0.5) is 0 Å². The van der Waals surface area contributed by atoms with Crippen molar-refractivity contribution in [1.82, 2.24) is 9.88 Å². The van der Waals surface area contributed by atoms with Gasteiger partial charge in [-0.25, -0.2) is 9.98 Å². The minimum Gasteiger partial charge on any atom is -0.456 e. The van der Waals surface area contributed by atoms with Crippen molar-refractivity contribution in [1.29, 1.82) is 0 Å². The lowest BCUT2D eigenvalue weighted by Crippen LogP contribution is -2.34. The summed E-state index contributed by atoms with van der Waals surface area (Å²) in [5, 5.41) is 15.4. The molecule has 0 aliphatic carbocycles. The number of fused-ring (bicyclic) bond motifs is 9. The molecule has 3 heterocycles. The Bertz CT molecular complexity index is 3750. The fourth-order valence-corrected chi connectivity index (χ4v) is 9.60. The van der Waals surface area contributed by atoms with Crippen LogP contribution in [0.25, 0.3) is 92.9 Å². The maximum absolute atomic E-state index is 6.82. The molecule has 0 saturated carbocycles. The van der Waals surface area contributed by atoms with Gasteiger partial charge in [0.1, 0.15) is 23.2 Å². The van der Waals surface area contributed by atoms with Crippen LogP contribution < -0.4 is 5.32 Å². The molecule has 10 aromatic carbocycles. The molecule has 0 saturated heterocycles. The highest BCUT2D eigenvalue weighted by Gasteiger charge is 2.29. The quantitative estimate of drug-likeness (QED) is 0.189. The number of furan rings is 1. The molecule has 0 fully saturated rings. The molecule has 290 valence electrons. The zero-order valence-corrected chi connectivity index (χ0v) is 33.5. The van der Waals surface area contributed by atoms with E-state index < -0.39 is 6.17 Å². The highest BCUT2D eigenvalue weighted by Crippen LogP contribution is 2.42. The lowest BCUT2D eigenvalue weighted by Gasteiger charge is -2.26. The third-order valence-corrected chi connectivity index (χ3v) is 12.5. The molecule has 0 bridgehead atoms. The second-order valence-electron chi connectivity index (χ2n) is 16.2. The fourth-order valence-electron chi connectivity index (χ4n) is 9.60. The van der Waals surface area contributed by atoms with Crippen molar-refractivity contribution in [2.45, 2.75) is 6.17 Å². The summed E-state index contributed by atoms with van der Waals surface area (Å²) in [6.45, 7) is 0. The maximum Gasteiger partial charge on any atom is 0.159 e. The number of aromatic nitrogens is 1. The Kier molecular flexibility index (Phi) is 7.60. The van der Waals surface area contributed by atoms with Gasteiger partial charge in [-0.3, -0.25) is 0 Å². The topological polar surface area (TPSA) is 54.8 Å². The number of hydrogen-bond donors (Lipinski definition) is 1. The normalized spacial score (nSPS) is 14.3. The van der Waals surface area contributed by atoms with E-state index in [1.165, 1.54) is 32.3 Å². The highest BCUT2D eigenvalue weighted by atomic mass is 16.3. The van der Waals surface area contributed by atoms with E-state index in [9.17, 15) is 0 Å². The Hall–Kier alpha value is -8.28. The van der Waals surface area contributed by atoms with Crippen LogP contribution in [0, 0.1) is 0 Å². The van der Waals surface area contributed by atoms with Gasteiger partial charge in [-0.1, -0.05) is 152 Å². The van der Waals surface area contributed by atoms with Crippen molar-refractivity contribution in [3.05, 3.63) is 223 Å². The highest BCUT2D eigenvalue weighted by molar-refractivity contribution is 6.26. The van der Waals surface area contributed by atoms with E-state index in [-0.39, 0.29) is 0 Å². The number of nitrogens with one attached hydrogen (secondary N) is 1. The molecule has 1 aliphatic rings. The number of nitrogens with zero attached hydrogens (tertiary/aromatic N) is 3. The maximum atomic E-state index is 6.82. The Morgan fingerprint density at radius 1 is 0.435 bits per heavy atom. The smallest absolute Gasteiger partial charge is 0.159 e. The number of rotatable bonds is 5. The molecule has 0 radical (unpaired) electrons. The molecule has 1 aliphatic heterocycles. The van der Waals surface area contributed by atoms with E-state index in [0.717, 1.165) is 83.1 Å². The summed E-state index contributed by atoms with van der Waals surface area (Å²) in [4.78, 5) is 10.9. The van der Waals surface area contributed by atoms with Gasteiger partial charge in [0.2, 0.25) is 0 Å². The van der Waals surface area contributed by atoms with Gasteiger partial charge in [-0.2, -0.15) is 0 Å². The number of hydrogen-bond acceptors (Lipinski definition) is 4. The van der Waals surface area contributed by atoms with Crippen molar-refractivity contribution in [2.75, 3.05) is 0 Å². The summed E-state index contributed by atoms with van der Waals surface area (Å²) in [7, 11) is 0. The fraction of sp³-hybridized carbons (Fsp3) is 0.0175. The van der Waals surface area contributed by atoms with Crippen LogP contribution in [0.15, 0.2) is 221 Å². The van der Waals surface area contributed by atoms with E-state index in [4.69, 9.17) is 14.4 Å². The first-order valence-corrected chi connectivity index (χ1v) is 21.1. The van der Waals surface area contributed by atoms with Crippen molar-refractivity contribution in [3.8, 4) is 16.8 Å².